The largest absolute Gasteiger partial charge is 0.321 e. The van der Waals surface area contributed by atoms with Crippen LogP contribution in [0.5, 0.6) is 0 Å². The third-order valence-corrected chi connectivity index (χ3v) is 4.12. The summed E-state index contributed by atoms with van der Waals surface area (Å²) >= 11 is 0. The van der Waals surface area contributed by atoms with E-state index in [-0.39, 0.29) is 5.54 Å². The summed E-state index contributed by atoms with van der Waals surface area (Å²) in [5, 5.41) is 0. The first-order valence-corrected chi connectivity index (χ1v) is 6.19. The fourth-order valence-electron chi connectivity index (χ4n) is 2.89. The molecule has 1 aliphatic rings. The summed E-state index contributed by atoms with van der Waals surface area (Å²) in [6.07, 6.45) is 3.45. The Morgan fingerprint density at radius 1 is 1.06 bits per heavy atom. The van der Waals surface area contributed by atoms with Crippen LogP contribution in [0.3, 0.4) is 0 Å². The van der Waals surface area contributed by atoms with Gasteiger partial charge in [0.05, 0.1) is 0 Å². The fourth-order valence-corrected chi connectivity index (χ4v) is 2.89. The van der Waals surface area contributed by atoms with Crippen molar-refractivity contribution >= 4 is 0 Å². The predicted octanol–water partition coefficient (Wildman–Crippen LogP) is 3.67. The SMILES string of the molecule is Cc1ccc(C2(N)CCC(C)(C)C2)cc1C. The molecule has 0 aliphatic heterocycles. The topological polar surface area (TPSA) is 26.0 Å². The highest BCUT2D eigenvalue weighted by Crippen LogP contribution is 2.47. The molecule has 0 heterocycles. The Bertz CT molecular complexity index is 406. The highest BCUT2D eigenvalue weighted by Gasteiger charge is 2.41. The van der Waals surface area contributed by atoms with Gasteiger partial charge in [0.1, 0.15) is 0 Å². The van der Waals surface area contributed by atoms with E-state index in [9.17, 15) is 0 Å². The molecule has 1 fully saturated rings. The molecule has 1 aromatic carbocycles. The van der Waals surface area contributed by atoms with Crippen molar-refractivity contribution in [2.24, 2.45) is 11.1 Å². The van der Waals surface area contributed by atoms with E-state index in [1.807, 2.05) is 0 Å². The molecule has 2 rings (SSSR count). The molecule has 1 unspecified atom stereocenters. The van der Waals surface area contributed by atoms with Crippen LogP contribution in [-0.4, -0.2) is 0 Å². The Balaban J connectivity index is 2.34. The minimum Gasteiger partial charge on any atom is -0.321 e. The zero-order chi connectivity index (χ0) is 12.0. The van der Waals surface area contributed by atoms with Crippen molar-refractivity contribution < 1.29 is 0 Å². The lowest BCUT2D eigenvalue weighted by Gasteiger charge is -2.27. The van der Waals surface area contributed by atoms with E-state index < -0.39 is 0 Å². The Labute approximate surface area is 99.0 Å². The molecule has 16 heavy (non-hydrogen) atoms. The maximum absolute atomic E-state index is 6.57. The summed E-state index contributed by atoms with van der Waals surface area (Å²) in [5.41, 5.74) is 10.9. The van der Waals surface area contributed by atoms with Gasteiger partial charge < -0.3 is 5.73 Å². The third-order valence-electron chi connectivity index (χ3n) is 4.12. The Hall–Kier alpha value is -0.820. The molecule has 1 aromatic rings. The molecule has 0 bridgehead atoms. The summed E-state index contributed by atoms with van der Waals surface area (Å²) in [6.45, 7) is 8.97. The zero-order valence-corrected chi connectivity index (χ0v) is 10.9. The van der Waals surface area contributed by atoms with Crippen LogP contribution < -0.4 is 5.73 Å². The second-order valence-corrected chi connectivity index (χ2v) is 6.30. The summed E-state index contributed by atoms with van der Waals surface area (Å²) in [6, 6.07) is 6.69. The van der Waals surface area contributed by atoms with Gasteiger partial charge in [0.25, 0.3) is 0 Å². The van der Waals surface area contributed by atoms with Crippen LogP contribution in [0.15, 0.2) is 18.2 Å². The number of benzene rings is 1. The summed E-state index contributed by atoms with van der Waals surface area (Å²) < 4.78 is 0. The van der Waals surface area contributed by atoms with Crippen molar-refractivity contribution in [3.63, 3.8) is 0 Å². The number of hydrogen-bond donors (Lipinski definition) is 1. The molecule has 0 saturated heterocycles. The molecule has 0 amide bonds. The average molecular weight is 217 g/mol. The van der Waals surface area contributed by atoms with Gasteiger partial charge in [-0.05, 0) is 55.2 Å². The molecule has 1 saturated carbocycles. The Kier molecular flexibility index (Phi) is 2.62. The van der Waals surface area contributed by atoms with Crippen molar-refractivity contribution in [1.29, 1.82) is 0 Å². The van der Waals surface area contributed by atoms with Crippen LogP contribution in [0.1, 0.15) is 49.8 Å². The molecule has 2 N–H and O–H groups in total. The van der Waals surface area contributed by atoms with E-state index in [2.05, 4.69) is 45.9 Å². The smallest absolute Gasteiger partial charge is 0.0415 e. The van der Waals surface area contributed by atoms with Crippen LogP contribution in [0, 0.1) is 19.3 Å². The van der Waals surface area contributed by atoms with Crippen molar-refractivity contribution in [2.45, 2.75) is 52.5 Å². The standard InChI is InChI=1S/C15H23N/c1-11-5-6-13(9-12(11)2)15(16)8-7-14(3,4)10-15/h5-6,9H,7-8,10,16H2,1-4H3. The first kappa shape index (κ1) is 11.7. The summed E-state index contributed by atoms with van der Waals surface area (Å²) in [7, 11) is 0. The molecule has 1 nitrogen and oxygen atoms in total. The van der Waals surface area contributed by atoms with Gasteiger partial charge in [-0.15, -0.1) is 0 Å². The highest BCUT2D eigenvalue weighted by atomic mass is 14.8. The number of nitrogens with two attached hydrogens (primary N) is 1. The molecular formula is C15H23N. The third kappa shape index (κ3) is 2.01. The van der Waals surface area contributed by atoms with Crippen LogP contribution >= 0.6 is 0 Å². The molecule has 0 aromatic heterocycles. The first-order valence-electron chi connectivity index (χ1n) is 6.19. The van der Waals surface area contributed by atoms with Crippen LogP contribution in [0.2, 0.25) is 0 Å². The number of aryl methyl sites for hydroxylation is 2. The van der Waals surface area contributed by atoms with Gasteiger partial charge in [0.2, 0.25) is 0 Å². The van der Waals surface area contributed by atoms with Gasteiger partial charge in [-0.3, -0.25) is 0 Å². The zero-order valence-electron chi connectivity index (χ0n) is 10.9. The van der Waals surface area contributed by atoms with Gasteiger partial charge in [0.15, 0.2) is 0 Å². The molecular weight excluding hydrogens is 194 g/mol. The lowest BCUT2D eigenvalue weighted by molar-refractivity contribution is 0.339. The average Bonchev–Trinajstić information content (AvgIpc) is 2.47. The van der Waals surface area contributed by atoms with Gasteiger partial charge >= 0.3 is 0 Å². The second kappa shape index (κ2) is 3.59. The van der Waals surface area contributed by atoms with Crippen LogP contribution in [0.25, 0.3) is 0 Å². The van der Waals surface area contributed by atoms with Gasteiger partial charge in [-0.1, -0.05) is 32.0 Å². The maximum atomic E-state index is 6.57. The van der Waals surface area contributed by atoms with E-state index in [0.29, 0.717) is 5.41 Å². The van der Waals surface area contributed by atoms with Crippen molar-refractivity contribution in [1.82, 2.24) is 0 Å². The van der Waals surface area contributed by atoms with E-state index in [1.165, 1.54) is 23.1 Å². The van der Waals surface area contributed by atoms with E-state index in [4.69, 9.17) is 5.73 Å². The normalized spacial score (nSPS) is 28.3. The molecule has 1 heteroatoms. The molecule has 1 atom stereocenters. The molecule has 1 aliphatic carbocycles. The second-order valence-electron chi connectivity index (χ2n) is 6.30. The number of hydrogen-bond acceptors (Lipinski definition) is 1. The Morgan fingerprint density at radius 3 is 2.25 bits per heavy atom. The lowest BCUT2D eigenvalue weighted by atomic mass is 9.83. The quantitative estimate of drug-likeness (QED) is 0.763. The van der Waals surface area contributed by atoms with Gasteiger partial charge in [0, 0.05) is 5.54 Å². The van der Waals surface area contributed by atoms with Crippen LogP contribution in [0.4, 0.5) is 0 Å². The summed E-state index contributed by atoms with van der Waals surface area (Å²) in [5.74, 6) is 0. The molecule has 0 spiro atoms. The van der Waals surface area contributed by atoms with Crippen molar-refractivity contribution in [3.05, 3.63) is 34.9 Å². The first-order chi connectivity index (χ1) is 7.32. The minimum absolute atomic E-state index is 0.0953. The van der Waals surface area contributed by atoms with Crippen molar-refractivity contribution in [2.75, 3.05) is 0 Å². The molecule has 88 valence electrons. The fraction of sp³-hybridized carbons (Fsp3) is 0.600. The van der Waals surface area contributed by atoms with E-state index in [0.717, 1.165) is 12.8 Å². The Morgan fingerprint density at radius 2 is 1.75 bits per heavy atom. The van der Waals surface area contributed by atoms with Gasteiger partial charge in [-0.2, -0.15) is 0 Å². The molecule has 0 radical (unpaired) electrons. The maximum Gasteiger partial charge on any atom is 0.0415 e. The van der Waals surface area contributed by atoms with Gasteiger partial charge in [-0.25, -0.2) is 0 Å². The van der Waals surface area contributed by atoms with E-state index in [1.54, 1.807) is 0 Å². The van der Waals surface area contributed by atoms with E-state index >= 15 is 0 Å². The monoisotopic (exact) mass is 217 g/mol. The minimum atomic E-state index is -0.0953. The van der Waals surface area contributed by atoms with Crippen molar-refractivity contribution in [3.8, 4) is 0 Å². The predicted molar refractivity (Wildman–Crippen MR) is 69.4 cm³/mol. The number of rotatable bonds is 1. The lowest BCUT2D eigenvalue weighted by Crippen LogP contribution is -2.34. The highest BCUT2D eigenvalue weighted by molar-refractivity contribution is 5.35. The van der Waals surface area contributed by atoms with Crippen LogP contribution in [-0.2, 0) is 5.54 Å². The summed E-state index contributed by atoms with van der Waals surface area (Å²) in [4.78, 5) is 0.